The van der Waals surface area contributed by atoms with Gasteiger partial charge in [0.15, 0.2) is 4.34 Å². The molecule has 0 bridgehead atoms. The smallest absolute Gasteiger partial charge is 0.235 e. The van der Waals surface area contributed by atoms with E-state index in [4.69, 9.17) is 0 Å². The maximum absolute atomic E-state index is 12.6. The number of hydrogen-bond acceptors (Lipinski definition) is 4. The molecule has 0 fully saturated rings. The van der Waals surface area contributed by atoms with Gasteiger partial charge < -0.3 is 4.90 Å². The van der Waals surface area contributed by atoms with Crippen LogP contribution in [0.5, 0.6) is 0 Å². The van der Waals surface area contributed by atoms with Crippen molar-refractivity contribution in [1.29, 1.82) is 0 Å². The summed E-state index contributed by atoms with van der Waals surface area (Å²) in [4.78, 5) is 19.0. The first-order chi connectivity index (χ1) is 12.1. The second kappa shape index (κ2) is 8.32. The molecule has 2 aromatic carbocycles. The van der Waals surface area contributed by atoms with Gasteiger partial charge in [-0.15, -0.1) is 11.3 Å². The molecule has 0 unspecified atom stereocenters. The number of carbonyl (C=O) groups is 1. The van der Waals surface area contributed by atoms with Crippen molar-refractivity contribution < 1.29 is 4.79 Å². The lowest BCUT2D eigenvalue weighted by atomic mass is 10.2. The van der Waals surface area contributed by atoms with E-state index in [1.807, 2.05) is 80.0 Å². The largest absolute Gasteiger partial charge is 0.340 e. The number of rotatable bonds is 6. The van der Waals surface area contributed by atoms with Crippen LogP contribution in [-0.4, -0.2) is 28.1 Å². The van der Waals surface area contributed by atoms with Crippen molar-refractivity contribution in [2.75, 3.05) is 7.05 Å². The maximum atomic E-state index is 12.6. The molecule has 1 heterocycles. The minimum Gasteiger partial charge on any atom is -0.340 e. The number of thioether (sulfide) groups is 1. The van der Waals surface area contributed by atoms with Crippen molar-refractivity contribution in [2.45, 2.75) is 23.1 Å². The van der Waals surface area contributed by atoms with Gasteiger partial charge in [-0.05, 0) is 12.5 Å². The van der Waals surface area contributed by atoms with E-state index in [9.17, 15) is 4.79 Å². The molecule has 25 heavy (non-hydrogen) atoms. The Morgan fingerprint density at radius 3 is 2.44 bits per heavy atom. The topological polar surface area (TPSA) is 33.2 Å². The standard InChI is InChI=1S/C20H20N2OS2/c1-15(19(23)22(2)13-16-9-5-3-6-10-16)25-20-21-18(14-24-20)17-11-7-4-8-12-17/h3-12,14-15H,13H2,1-2H3/t15-/m0/s1. The van der Waals surface area contributed by atoms with Crippen LogP contribution in [0.4, 0.5) is 0 Å². The molecule has 0 radical (unpaired) electrons. The van der Waals surface area contributed by atoms with Crippen LogP contribution in [0.2, 0.25) is 0 Å². The molecule has 0 N–H and O–H groups in total. The predicted octanol–water partition coefficient (Wildman–Crippen LogP) is 4.95. The Balaban J connectivity index is 1.61. The number of thiazole rings is 1. The predicted molar refractivity (Wildman–Crippen MR) is 106 cm³/mol. The molecule has 3 aromatic rings. The molecular weight excluding hydrogens is 348 g/mol. The second-order valence-electron chi connectivity index (χ2n) is 5.80. The van der Waals surface area contributed by atoms with Crippen molar-refractivity contribution in [1.82, 2.24) is 9.88 Å². The summed E-state index contributed by atoms with van der Waals surface area (Å²) in [6.45, 7) is 2.57. The van der Waals surface area contributed by atoms with E-state index in [1.54, 1.807) is 16.2 Å². The molecule has 0 aliphatic heterocycles. The van der Waals surface area contributed by atoms with Crippen LogP contribution < -0.4 is 0 Å². The van der Waals surface area contributed by atoms with E-state index in [0.717, 1.165) is 21.2 Å². The molecule has 3 rings (SSSR count). The second-order valence-corrected chi connectivity index (χ2v) is 8.25. The zero-order valence-electron chi connectivity index (χ0n) is 14.3. The highest BCUT2D eigenvalue weighted by molar-refractivity contribution is 8.02. The van der Waals surface area contributed by atoms with Crippen LogP contribution in [0.1, 0.15) is 12.5 Å². The molecule has 0 spiro atoms. The fraction of sp³-hybridized carbons (Fsp3) is 0.200. The van der Waals surface area contributed by atoms with Gasteiger partial charge in [0, 0.05) is 24.5 Å². The SMILES string of the molecule is C[C@H](Sc1nc(-c2ccccc2)cs1)C(=O)N(C)Cc1ccccc1. The first kappa shape index (κ1) is 17.7. The zero-order chi connectivity index (χ0) is 17.6. The monoisotopic (exact) mass is 368 g/mol. The summed E-state index contributed by atoms with van der Waals surface area (Å²) in [7, 11) is 1.85. The van der Waals surface area contributed by atoms with E-state index in [0.29, 0.717) is 6.54 Å². The van der Waals surface area contributed by atoms with Gasteiger partial charge in [0.2, 0.25) is 5.91 Å². The molecule has 3 nitrogen and oxygen atoms in total. The highest BCUT2D eigenvalue weighted by Gasteiger charge is 2.20. The lowest BCUT2D eigenvalue weighted by molar-refractivity contribution is -0.129. The van der Waals surface area contributed by atoms with E-state index in [-0.39, 0.29) is 11.2 Å². The molecule has 0 saturated heterocycles. The lowest BCUT2D eigenvalue weighted by Gasteiger charge is -2.20. The summed E-state index contributed by atoms with van der Waals surface area (Å²) >= 11 is 3.11. The molecule has 1 atom stereocenters. The first-order valence-electron chi connectivity index (χ1n) is 8.10. The Kier molecular flexibility index (Phi) is 5.89. The van der Waals surface area contributed by atoms with Gasteiger partial charge in [0.1, 0.15) is 0 Å². The van der Waals surface area contributed by atoms with Crippen molar-refractivity contribution in [2.24, 2.45) is 0 Å². The summed E-state index contributed by atoms with van der Waals surface area (Å²) in [5.74, 6) is 0.116. The third kappa shape index (κ3) is 4.71. The average Bonchev–Trinajstić information content (AvgIpc) is 3.11. The highest BCUT2D eigenvalue weighted by Crippen LogP contribution is 2.31. The highest BCUT2D eigenvalue weighted by atomic mass is 32.2. The number of hydrogen-bond donors (Lipinski definition) is 0. The Hall–Kier alpha value is -2.11. The van der Waals surface area contributed by atoms with Crippen molar-refractivity contribution in [3.8, 4) is 11.3 Å². The first-order valence-corrected chi connectivity index (χ1v) is 9.86. The van der Waals surface area contributed by atoms with Crippen LogP contribution in [0.3, 0.4) is 0 Å². The number of carbonyl (C=O) groups excluding carboxylic acids is 1. The quantitative estimate of drug-likeness (QED) is 0.577. The Morgan fingerprint density at radius 2 is 1.76 bits per heavy atom. The van der Waals surface area contributed by atoms with Crippen LogP contribution in [0.15, 0.2) is 70.4 Å². The molecule has 1 amide bonds. The molecule has 0 aliphatic rings. The number of amides is 1. The van der Waals surface area contributed by atoms with E-state index < -0.39 is 0 Å². The Bertz CT molecular complexity index is 818. The van der Waals surface area contributed by atoms with E-state index in [2.05, 4.69) is 4.98 Å². The number of aromatic nitrogens is 1. The van der Waals surface area contributed by atoms with Crippen LogP contribution in [0.25, 0.3) is 11.3 Å². The fourth-order valence-electron chi connectivity index (χ4n) is 2.50. The fourth-order valence-corrected chi connectivity index (χ4v) is 4.59. The molecule has 0 saturated carbocycles. The summed E-state index contributed by atoms with van der Waals surface area (Å²) in [6.07, 6.45) is 0. The van der Waals surface area contributed by atoms with Crippen molar-refractivity contribution in [3.63, 3.8) is 0 Å². The zero-order valence-corrected chi connectivity index (χ0v) is 15.9. The van der Waals surface area contributed by atoms with E-state index in [1.165, 1.54) is 11.8 Å². The summed E-state index contributed by atoms with van der Waals surface area (Å²) in [5, 5.41) is 1.88. The van der Waals surface area contributed by atoms with Crippen LogP contribution in [-0.2, 0) is 11.3 Å². The molecule has 5 heteroatoms. The van der Waals surface area contributed by atoms with E-state index >= 15 is 0 Å². The van der Waals surface area contributed by atoms with Gasteiger partial charge in [-0.25, -0.2) is 4.98 Å². The minimum absolute atomic E-state index is 0.116. The maximum Gasteiger partial charge on any atom is 0.235 e. The summed E-state index contributed by atoms with van der Waals surface area (Å²) < 4.78 is 0.924. The van der Waals surface area contributed by atoms with Gasteiger partial charge in [0.25, 0.3) is 0 Å². The Labute approximate surface area is 156 Å². The van der Waals surface area contributed by atoms with Gasteiger partial charge in [-0.2, -0.15) is 0 Å². The molecule has 1 aromatic heterocycles. The molecule has 0 aliphatic carbocycles. The van der Waals surface area contributed by atoms with Gasteiger partial charge in [-0.3, -0.25) is 4.79 Å². The average molecular weight is 369 g/mol. The third-order valence-electron chi connectivity index (χ3n) is 3.82. The van der Waals surface area contributed by atoms with Crippen molar-refractivity contribution >= 4 is 29.0 Å². The van der Waals surface area contributed by atoms with Gasteiger partial charge in [-0.1, -0.05) is 72.4 Å². The summed E-state index contributed by atoms with van der Waals surface area (Å²) in [5.41, 5.74) is 3.20. The summed E-state index contributed by atoms with van der Waals surface area (Å²) in [6, 6.07) is 20.1. The van der Waals surface area contributed by atoms with Crippen molar-refractivity contribution in [3.05, 3.63) is 71.6 Å². The van der Waals surface area contributed by atoms with Crippen LogP contribution >= 0.6 is 23.1 Å². The number of benzene rings is 2. The van der Waals surface area contributed by atoms with Crippen LogP contribution in [0, 0.1) is 0 Å². The molecule has 128 valence electrons. The van der Waals surface area contributed by atoms with Gasteiger partial charge in [0.05, 0.1) is 10.9 Å². The molecular formula is C20H20N2OS2. The lowest BCUT2D eigenvalue weighted by Crippen LogP contribution is -2.32. The number of nitrogens with zero attached hydrogens (tertiary/aromatic N) is 2. The Morgan fingerprint density at radius 1 is 1.12 bits per heavy atom. The third-order valence-corrected chi connectivity index (χ3v) is 5.88. The van der Waals surface area contributed by atoms with Gasteiger partial charge >= 0.3 is 0 Å². The normalized spacial score (nSPS) is 11.9. The minimum atomic E-state index is -0.163.